The minimum Gasteiger partial charge on any atom is -0.473 e. The van der Waals surface area contributed by atoms with E-state index in [1.54, 1.807) is 12.1 Å². The second-order valence-electron chi connectivity index (χ2n) is 6.48. The molecule has 0 radical (unpaired) electrons. The molecule has 1 aliphatic heterocycles. The van der Waals surface area contributed by atoms with E-state index in [1.165, 1.54) is 6.07 Å². The van der Waals surface area contributed by atoms with E-state index < -0.39 is 0 Å². The van der Waals surface area contributed by atoms with Crippen LogP contribution >= 0.6 is 0 Å². The number of ether oxygens (including phenoxy) is 1. The van der Waals surface area contributed by atoms with Crippen molar-refractivity contribution in [3.63, 3.8) is 0 Å². The second-order valence-corrected chi connectivity index (χ2v) is 6.48. The summed E-state index contributed by atoms with van der Waals surface area (Å²) in [6, 6.07) is 10.7. The van der Waals surface area contributed by atoms with Crippen LogP contribution in [0.5, 0.6) is 5.88 Å². The highest BCUT2D eigenvalue weighted by Crippen LogP contribution is 2.27. The maximum absolute atomic E-state index is 14.3. The first kappa shape index (κ1) is 16.5. The quantitative estimate of drug-likeness (QED) is 0.768. The van der Waals surface area contributed by atoms with Crippen LogP contribution in [0.2, 0.25) is 0 Å². The number of halogens is 1. The number of pyridine rings is 1. The fourth-order valence-electron chi connectivity index (χ4n) is 2.67. The standard InChI is InChI=1S/C22H19FN2O/c23-20-14-17(7-6-16-4-5-16)8-9-19(20)15-26-22-3-1-2-21(25-22)18-10-12-24-13-11-18/h1-3,8-10,13-14,16H,4-5,11-12,15H2. The Labute approximate surface area is 152 Å². The van der Waals surface area contributed by atoms with Gasteiger partial charge in [-0.05, 0) is 36.6 Å². The summed E-state index contributed by atoms with van der Waals surface area (Å²) in [5.41, 5.74) is 3.22. The van der Waals surface area contributed by atoms with Crippen LogP contribution in [0.4, 0.5) is 4.39 Å². The number of benzene rings is 1. The van der Waals surface area contributed by atoms with Gasteiger partial charge in [0.05, 0.1) is 12.2 Å². The zero-order chi connectivity index (χ0) is 17.8. The lowest BCUT2D eigenvalue weighted by Gasteiger charge is -2.10. The Kier molecular flexibility index (Phi) is 4.79. The molecule has 0 bridgehead atoms. The molecule has 0 atom stereocenters. The van der Waals surface area contributed by atoms with E-state index in [-0.39, 0.29) is 12.4 Å². The van der Waals surface area contributed by atoms with E-state index in [4.69, 9.17) is 4.74 Å². The van der Waals surface area contributed by atoms with Gasteiger partial charge < -0.3 is 4.74 Å². The summed E-state index contributed by atoms with van der Waals surface area (Å²) in [5, 5.41) is 0. The Morgan fingerprint density at radius 3 is 2.88 bits per heavy atom. The predicted molar refractivity (Wildman–Crippen MR) is 101 cm³/mol. The molecule has 1 aliphatic carbocycles. The van der Waals surface area contributed by atoms with E-state index in [0.717, 1.165) is 30.5 Å². The molecular weight excluding hydrogens is 327 g/mol. The van der Waals surface area contributed by atoms with Crippen LogP contribution in [0.15, 0.2) is 47.5 Å². The van der Waals surface area contributed by atoms with Crippen molar-refractivity contribution in [2.24, 2.45) is 10.9 Å². The van der Waals surface area contributed by atoms with Gasteiger partial charge in [0.25, 0.3) is 0 Å². The highest BCUT2D eigenvalue weighted by Gasteiger charge is 2.17. The second kappa shape index (κ2) is 7.53. The Morgan fingerprint density at radius 1 is 1.19 bits per heavy atom. The molecule has 4 heteroatoms. The highest BCUT2D eigenvalue weighted by atomic mass is 19.1. The highest BCUT2D eigenvalue weighted by molar-refractivity contribution is 5.80. The molecular formula is C22H19FN2O. The van der Waals surface area contributed by atoms with E-state index in [1.807, 2.05) is 24.4 Å². The maximum Gasteiger partial charge on any atom is 0.214 e. The monoisotopic (exact) mass is 346 g/mol. The average molecular weight is 346 g/mol. The lowest BCUT2D eigenvalue weighted by molar-refractivity contribution is 0.288. The molecule has 1 aromatic carbocycles. The van der Waals surface area contributed by atoms with Crippen molar-refractivity contribution in [3.8, 4) is 17.7 Å². The number of nitrogens with zero attached hydrogens (tertiary/aromatic N) is 2. The number of aliphatic imine (C=N–C) groups is 1. The van der Waals surface area contributed by atoms with Crippen LogP contribution in [0.25, 0.3) is 5.57 Å². The van der Waals surface area contributed by atoms with Crippen LogP contribution in [-0.4, -0.2) is 17.7 Å². The number of rotatable bonds is 4. The van der Waals surface area contributed by atoms with Gasteiger partial charge in [-0.25, -0.2) is 9.37 Å². The predicted octanol–water partition coefficient (Wildman–Crippen LogP) is 4.42. The molecule has 2 aliphatic rings. The summed E-state index contributed by atoms with van der Waals surface area (Å²) in [4.78, 5) is 8.70. The van der Waals surface area contributed by atoms with Crippen molar-refractivity contribution >= 4 is 11.8 Å². The Morgan fingerprint density at radius 2 is 2.12 bits per heavy atom. The zero-order valence-corrected chi connectivity index (χ0v) is 14.4. The molecule has 4 rings (SSSR count). The molecule has 0 spiro atoms. The van der Waals surface area contributed by atoms with Crippen molar-refractivity contribution < 1.29 is 9.13 Å². The maximum atomic E-state index is 14.3. The first-order chi connectivity index (χ1) is 12.8. The molecule has 0 amide bonds. The fourth-order valence-corrected chi connectivity index (χ4v) is 2.67. The third-order valence-corrected chi connectivity index (χ3v) is 4.36. The van der Waals surface area contributed by atoms with Gasteiger partial charge in [0.15, 0.2) is 0 Å². The zero-order valence-electron chi connectivity index (χ0n) is 14.4. The largest absolute Gasteiger partial charge is 0.473 e. The Hall–Kier alpha value is -2.93. The normalized spacial score (nSPS) is 15.8. The first-order valence-electron chi connectivity index (χ1n) is 8.85. The number of aromatic nitrogens is 1. The molecule has 130 valence electrons. The molecule has 26 heavy (non-hydrogen) atoms. The van der Waals surface area contributed by atoms with Crippen LogP contribution in [0.3, 0.4) is 0 Å². The van der Waals surface area contributed by atoms with Gasteiger partial charge in [0.2, 0.25) is 5.88 Å². The van der Waals surface area contributed by atoms with Gasteiger partial charge in [-0.15, -0.1) is 0 Å². The van der Waals surface area contributed by atoms with Crippen LogP contribution < -0.4 is 4.74 Å². The molecule has 1 aromatic heterocycles. The summed E-state index contributed by atoms with van der Waals surface area (Å²) >= 11 is 0. The minimum absolute atomic E-state index is 0.138. The van der Waals surface area contributed by atoms with Gasteiger partial charge >= 0.3 is 0 Å². The molecule has 0 saturated heterocycles. The SMILES string of the molecule is Fc1cc(C#CC2CC2)ccc1COc1cccc(C2=CCN=CC2)n1. The van der Waals surface area contributed by atoms with Crippen molar-refractivity contribution in [3.05, 3.63) is 65.1 Å². The van der Waals surface area contributed by atoms with Crippen molar-refractivity contribution in [1.82, 2.24) is 4.98 Å². The number of hydrogen-bond acceptors (Lipinski definition) is 3. The molecule has 2 aromatic rings. The lowest BCUT2D eigenvalue weighted by Crippen LogP contribution is -2.02. The lowest BCUT2D eigenvalue weighted by atomic mass is 10.1. The summed E-state index contributed by atoms with van der Waals surface area (Å²) in [6.07, 6.45) is 7.06. The summed E-state index contributed by atoms with van der Waals surface area (Å²) in [7, 11) is 0. The van der Waals surface area contributed by atoms with Crippen LogP contribution in [0.1, 0.15) is 36.1 Å². The van der Waals surface area contributed by atoms with Gasteiger partial charge in [-0.3, -0.25) is 4.99 Å². The molecule has 0 unspecified atom stereocenters. The minimum atomic E-state index is -0.296. The Balaban J connectivity index is 1.42. The Bertz CT molecular complexity index is 933. The summed E-state index contributed by atoms with van der Waals surface area (Å²) in [5.74, 6) is 6.87. The van der Waals surface area contributed by atoms with Crippen molar-refractivity contribution in [1.29, 1.82) is 0 Å². The van der Waals surface area contributed by atoms with Crippen molar-refractivity contribution in [2.45, 2.75) is 25.9 Å². The average Bonchev–Trinajstić information content (AvgIpc) is 3.51. The topological polar surface area (TPSA) is 34.5 Å². The molecule has 1 fully saturated rings. The first-order valence-corrected chi connectivity index (χ1v) is 8.85. The summed E-state index contributed by atoms with van der Waals surface area (Å²) in [6.45, 7) is 0.822. The molecule has 1 saturated carbocycles. The number of dihydropyridines is 1. The third kappa shape index (κ3) is 4.18. The van der Waals surface area contributed by atoms with Gasteiger partial charge in [0.1, 0.15) is 12.4 Å². The van der Waals surface area contributed by atoms with Crippen molar-refractivity contribution in [2.75, 3.05) is 6.54 Å². The van der Waals surface area contributed by atoms with E-state index in [2.05, 4.69) is 27.9 Å². The summed E-state index contributed by atoms with van der Waals surface area (Å²) < 4.78 is 20.0. The van der Waals surface area contributed by atoms with E-state index in [0.29, 0.717) is 29.5 Å². The smallest absolute Gasteiger partial charge is 0.214 e. The van der Waals surface area contributed by atoms with E-state index in [9.17, 15) is 4.39 Å². The fraction of sp³-hybridized carbons (Fsp3) is 0.273. The molecule has 0 N–H and O–H groups in total. The van der Waals surface area contributed by atoms with E-state index >= 15 is 0 Å². The van der Waals surface area contributed by atoms with Crippen LogP contribution in [0, 0.1) is 23.6 Å². The van der Waals surface area contributed by atoms with Gasteiger partial charge in [0, 0.05) is 35.7 Å². The van der Waals surface area contributed by atoms with Gasteiger partial charge in [-0.1, -0.05) is 30.0 Å². The molecule has 3 nitrogen and oxygen atoms in total. The number of hydrogen-bond donors (Lipinski definition) is 0. The third-order valence-electron chi connectivity index (χ3n) is 4.36. The van der Waals surface area contributed by atoms with Gasteiger partial charge in [-0.2, -0.15) is 0 Å². The number of allylic oxidation sites excluding steroid dienone is 1. The van der Waals surface area contributed by atoms with Crippen LogP contribution in [-0.2, 0) is 6.61 Å². The molecule has 2 heterocycles.